The molecule has 0 aliphatic heterocycles. The number of amides is 1. The lowest BCUT2D eigenvalue weighted by Crippen LogP contribution is -2.26. The van der Waals surface area contributed by atoms with E-state index in [4.69, 9.17) is 5.11 Å². The maximum Gasteiger partial charge on any atom is 0.345 e. The second-order valence-corrected chi connectivity index (χ2v) is 4.87. The molecular formula is C13H10FNO3S. The highest BCUT2D eigenvalue weighted by Gasteiger charge is 2.19. The first-order valence-electron chi connectivity index (χ1n) is 5.36. The number of carboxylic acids is 1. The predicted molar refractivity (Wildman–Crippen MR) is 70.4 cm³/mol. The van der Waals surface area contributed by atoms with Crippen molar-refractivity contribution in [2.75, 3.05) is 11.9 Å². The van der Waals surface area contributed by atoms with E-state index in [1.165, 1.54) is 37.4 Å². The van der Waals surface area contributed by atoms with Gasteiger partial charge < -0.3 is 10.0 Å². The highest BCUT2D eigenvalue weighted by Crippen LogP contribution is 2.23. The van der Waals surface area contributed by atoms with E-state index in [1.54, 1.807) is 6.07 Å². The van der Waals surface area contributed by atoms with Gasteiger partial charge in [0.15, 0.2) is 0 Å². The van der Waals surface area contributed by atoms with E-state index in [0.717, 1.165) is 16.2 Å². The summed E-state index contributed by atoms with van der Waals surface area (Å²) >= 11 is 0.865. The number of halogens is 1. The molecule has 0 atom stereocenters. The van der Waals surface area contributed by atoms with Crippen LogP contribution in [-0.2, 0) is 0 Å². The molecule has 0 aliphatic rings. The first kappa shape index (κ1) is 13.2. The van der Waals surface area contributed by atoms with Crippen LogP contribution in [0.15, 0.2) is 36.4 Å². The molecule has 0 saturated heterocycles. The van der Waals surface area contributed by atoms with Crippen molar-refractivity contribution in [3.8, 4) is 0 Å². The molecule has 1 aromatic carbocycles. The number of hydrogen-bond acceptors (Lipinski definition) is 3. The Morgan fingerprint density at radius 1 is 1.16 bits per heavy atom. The van der Waals surface area contributed by atoms with Crippen molar-refractivity contribution < 1.29 is 19.1 Å². The van der Waals surface area contributed by atoms with Crippen LogP contribution >= 0.6 is 11.3 Å². The van der Waals surface area contributed by atoms with E-state index in [9.17, 15) is 14.0 Å². The van der Waals surface area contributed by atoms with Crippen LogP contribution in [-0.4, -0.2) is 24.0 Å². The molecule has 0 bridgehead atoms. The largest absolute Gasteiger partial charge is 0.477 e. The van der Waals surface area contributed by atoms with E-state index < -0.39 is 17.7 Å². The Kier molecular flexibility index (Phi) is 3.62. The number of anilines is 1. The maximum absolute atomic E-state index is 13.6. The summed E-state index contributed by atoms with van der Waals surface area (Å²) in [7, 11) is 1.45. The van der Waals surface area contributed by atoms with Gasteiger partial charge in [0.1, 0.15) is 10.7 Å². The molecule has 98 valence electrons. The van der Waals surface area contributed by atoms with Crippen LogP contribution < -0.4 is 4.90 Å². The van der Waals surface area contributed by atoms with Crippen LogP contribution in [0.4, 0.5) is 10.1 Å². The summed E-state index contributed by atoms with van der Waals surface area (Å²) in [6.07, 6.45) is 0. The monoisotopic (exact) mass is 279 g/mol. The molecule has 2 rings (SSSR count). The van der Waals surface area contributed by atoms with Crippen molar-refractivity contribution in [3.05, 3.63) is 52.0 Å². The second-order valence-electron chi connectivity index (χ2n) is 3.78. The quantitative estimate of drug-likeness (QED) is 0.939. The van der Waals surface area contributed by atoms with Gasteiger partial charge in [-0.1, -0.05) is 12.1 Å². The number of carbonyl (C=O) groups is 2. The molecule has 0 fully saturated rings. The van der Waals surface area contributed by atoms with Gasteiger partial charge in [-0.15, -0.1) is 11.3 Å². The van der Waals surface area contributed by atoms with Crippen LogP contribution in [0.2, 0.25) is 0 Å². The SMILES string of the molecule is CN(C(=O)c1ccc(C(=O)O)s1)c1ccccc1F. The van der Waals surface area contributed by atoms with Gasteiger partial charge >= 0.3 is 5.97 Å². The molecule has 19 heavy (non-hydrogen) atoms. The Labute approximate surface area is 112 Å². The summed E-state index contributed by atoms with van der Waals surface area (Å²) < 4.78 is 13.6. The standard InChI is InChI=1S/C13H10FNO3S/c1-15(9-5-3-2-4-8(9)14)12(16)10-6-7-11(19-10)13(17)18/h2-7H,1H3,(H,17,18). The topological polar surface area (TPSA) is 57.6 Å². The van der Waals surface area contributed by atoms with Gasteiger partial charge in [-0.05, 0) is 24.3 Å². The molecule has 2 aromatic rings. The number of carboxylic acid groups (broad SMARTS) is 1. The molecule has 1 amide bonds. The number of thiophene rings is 1. The lowest BCUT2D eigenvalue weighted by molar-refractivity contribution is 0.0702. The Balaban J connectivity index is 2.28. The summed E-state index contributed by atoms with van der Waals surface area (Å²) in [5, 5.41) is 8.81. The average molecular weight is 279 g/mol. The molecule has 1 aromatic heterocycles. The van der Waals surface area contributed by atoms with Crippen LogP contribution in [0.3, 0.4) is 0 Å². The molecule has 0 radical (unpaired) electrons. The smallest absolute Gasteiger partial charge is 0.345 e. The number of para-hydroxylation sites is 1. The minimum absolute atomic E-state index is 0.0743. The number of nitrogens with zero attached hydrogens (tertiary/aromatic N) is 1. The summed E-state index contributed by atoms with van der Waals surface area (Å²) in [5.74, 6) is -2.03. The first-order valence-corrected chi connectivity index (χ1v) is 6.18. The Morgan fingerprint density at radius 2 is 1.79 bits per heavy atom. The number of benzene rings is 1. The third-order valence-corrected chi connectivity index (χ3v) is 3.61. The summed E-state index contributed by atoms with van der Waals surface area (Å²) in [6.45, 7) is 0. The van der Waals surface area contributed by atoms with Gasteiger partial charge in [-0.2, -0.15) is 0 Å². The summed E-state index contributed by atoms with van der Waals surface area (Å²) in [5.41, 5.74) is 0.151. The van der Waals surface area contributed by atoms with Crippen molar-refractivity contribution in [1.29, 1.82) is 0 Å². The first-order chi connectivity index (χ1) is 9.00. The molecule has 6 heteroatoms. The highest BCUT2D eigenvalue weighted by molar-refractivity contribution is 7.16. The predicted octanol–water partition coefficient (Wildman–Crippen LogP) is 2.86. The van der Waals surface area contributed by atoms with Gasteiger partial charge in [-0.3, -0.25) is 4.79 Å². The van der Waals surface area contributed by atoms with Crippen molar-refractivity contribution in [1.82, 2.24) is 0 Å². The van der Waals surface area contributed by atoms with Gasteiger partial charge in [-0.25, -0.2) is 9.18 Å². The lowest BCUT2D eigenvalue weighted by Gasteiger charge is -2.16. The molecule has 0 saturated carbocycles. The Hall–Kier alpha value is -2.21. The van der Waals surface area contributed by atoms with Crippen molar-refractivity contribution >= 4 is 28.9 Å². The highest BCUT2D eigenvalue weighted by atomic mass is 32.1. The molecule has 0 unspecified atom stereocenters. The lowest BCUT2D eigenvalue weighted by atomic mass is 10.2. The molecule has 0 aliphatic carbocycles. The van der Waals surface area contributed by atoms with Crippen LogP contribution in [0, 0.1) is 5.82 Å². The van der Waals surface area contributed by atoms with Gasteiger partial charge in [0.25, 0.3) is 5.91 Å². The van der Waals surface area contributed by atoms with E-state index in [0.29, 0.717) is 0 Å². The van der Waals surface area contributed by atoms with E-state index in [-0.39, 0.29) is 15.4 Å². The van der Waals surface area contributed by atoms with Crippen molar-refractivity contribution in [2.24, 2.45) is 0 Å². The zero-order valence-corrected chi connectivity index (χ0v) is 10.8. The van der Waals surface area contributed by atoms with Crippen molar-refractivity contribution in [3.63, 3.8) is 0 Å². The fourth-order valence-corrected chi connectivity index (χ4v) is 2.39. The number of rotatable bonds is 3. The fraction of sp³-hybridized carbons (Fsp3) is 0.0769. The minimum Gasteiger partial charge on any atom is -0.477 e. The molecule has 0 spiro atoms. The number of carbonyl (C=O) groups excluding carboxylic acids is 1. The van der Waals surface area contributed by atoms with Crippen LogP contribution in [0.5, 0.6) is 0 Å². The van der Waals surface area contributed by atoms with Gasteiger partial charge in [0.05, 0.1) is 10.6 Å². The summed E-state index contributed by atoms with van der Waals surface area (Å²) in [4.78, 5) is 24.4. The number of aromatic carboxylic acids is 1. The van der Waals surface area contributed by atoms with E-state index in [1.807, 2.05) is 0 Å². The molecular weight excluding hydrogens is 269 g/mol. The van der Waals surface area contributed by atoms with Crippen LogP contribution in [0.25, 0.3) is 0 Å². The third kappa shape index (κ3) is 2.63. The maximum atomic E-state index is 13.6. The second kappa shape index (κ2) is 5.19. The van der Waals surface area contributed by atoms with Gasteiger partial charge in [0.2, 0.25) is 0 Å². The third-order valence-electron chi connectivity index (χ3n) is 2.55. The van der Waals surface area contributed by atoms with E-state index >= 15 is 0 Å². The molecule has 4 nitrogen and oxygen atoms in total. The van der Waals surface area contributed by atoms with Crippen LogP contribution in [0.1, 0.15) is 19.3 Å². The normalized spacial score (nSPS) is 10.2. The minimum atomic E-state index is -1.09. The zero-order chi connectivity index (χ0) is 14.0. The average Bonchev–Trinajstić information content (AvgIpc) is 2.87. The summed E-state index contributed by atoms with van der Waals surface area (Å²) in [6, 6.07) is 8.68. The Morgan fingerprint density at radius 3 is 2.37 bits per heavy atom. The van der Waals surface area contributed by atoms with Crippen molar-refractivity contribution in [2.45, 2.75) is 0 Å². The van der Waals surface area contributed by atoms with Gasteiger partial charge in [0, 0.05) is 7.05 Å². The zero-order valence-electron chi connectivity index (χ0n) is 9.96. The molecule has 1 N–H and O–H groups in total. The Bertz CT molecular complexity index is 638. The fourth-order valence-electron chi connectivity index (χ4n) is 1.57. The van der Waals surface area contributed by atoms with E-state index in [2.05, 4.69) is 0 Å². The number of hydrogen-bond donors (Lipinski definition) is 1. The molecule has 1 heterocycles.